The van der Waals surface area contributed by atoms with E-state index in [1.165, 1.54) is 167 Å². The molecule has 0 aliphatic heterocycles. The molecule has 0 fully saturated rings. The van der Waals surface area contributed by atoms with Gasteiger partial charge in [-0.3, -0.25) is 9.63 Å². The van der Waals surface area contributed by atoms with Crippen LogP contribution in [0.25, 0.3) is 0 Å². The standard InChI is InChI=1S/C50H98N2O4/c1-7-11-15-19-22-24-27-33-40-48(52(49(53)42-37-44-51(5)6)56-45-36-30-25-23-20-16-12-8-2)41-34-28-29-35-43-50(54)55-46-47(38-31-18-14-10-4)39-32-26-21-17-13-9-3/h35,43,47-48H,7-34,36-42,44-46H2,1-6H3. The van der Waals surface area contributed by atoms with Crippen molar-refractivity contribution in [2.24, 2.45) is 5.92 Å². The number of nitrogens with zero attached hydrogens (tertiary/aromatic N) is 2. The van der Waals surface area contributed by atoms with Crippen LogP contribution < -0.4 is 0 Å². The first-order chi connectivity index (χ1) is 27.4. The second-order valence-corrected chi connectivity index (χ2v) is 17.4. The van der Waals surface area contributed by atoms with E-state index in [9.17, 15) is 9.59 Å². The summed E-state index contributed by atoms with van der Waals surface area (Å²) in [5.41, 5.74) is 0. The monoisotopic (exact) mass is 791 g/mol. The summed E-state index contributed by atoms with van der Waals surface area (Å²) in [6, 6.07) is 0.117. The molecule has 0 saturated carbocycles. The maximum absolute atomic E-state index is 13.7. The van der Waals surface area contributed by atoms with Gasteiger partial charge in [-0.25, -0.2) is 9.86 Å². The zero-order valence-electron chi connectivity index (χ0n) is 38.7. The Morgan fingerprint density at radius 3 is 1.45 bits per heavy atom. The molecule has 56 heavy (non-hydrogen) atoms. The van der Waals surface area contributed by atoms with Crippen molar-refractivity contribution in [1.29, 1.82) is 0 Å². The summed E-state index contributed by atoms with van der Waals surface area (Å²) < 4.78 is 5.79. The van der Waals surface area contributed by atoms with E-state index in [4.69, 9.17) is 9.57 Å². The number of unbranched alkanes of at least 4 members (excludes halogenated alkanes) is 24. The molecule has 0 aromatic heterocycles. The van der Waals surface area contributed by atoms with Gasteiger partial charge in [0.1, 0.15) is 0 Å². The Labute approximate surface area is 350 Å². The normalized spacial score (nSPS) is 12.8. The highest BCUT2D eigenvalue weighted by molar-refractivity contribution is 5.81. The van der Waals surface area contributed by atoms with E-state index in [1.807, 2.05) is 11.1 Å². The number of esters is 1. The van der Waals surface area contributed by atoms with Crippen LogP contribution in [0, 0.1) is 5.92 Å². The van der Waals surface area contributed by atoms with Crippen LogP contribution in [0.15, 0.2) is 12.2 Å². The van der Waals surface area contributed by atoms with Gasteiger partial charge >= 0.3 is 5.97 Å². The highest BCUT2D eigenvalue weighted by Gasteiger charge is 2.24. The average Bonchev–Trinajstić information content (AvgIpc) is 3.18. The van der Waals surface area contributed by atoms with Gasteiger partial charge < -0.3 is 9.64 Å². The molecule has 0 bridgehead atoms. The fourth-order valence-corrected chi connectivity index (χ4v) is 7.78. The minimum absolute atomic E-state index is 0.117. The molecule has 6 nitrogen and oxygen atoms in total. The zero-order chi connectivity index (χ0) is 41.2. The largest absolute Gasteiger partial charge is 0.462 e. The molecule has 0 spiro atoms. The Morgan fingerprint density at radius 1 is 0.518 bits per heavy atom. The molecule has 0 heterocycles. The van der Waals surface area contributed by atoms with Crippen LogP contribution in [0.5, 0.6) is 0 Å². The molecule has 0 saturated heterocycles. The third kappa shape index (κ3) is 36.9. The third-order valence-corrected chi connectivity index (χ3v) is 11.5. The molecule has 0 radical (unpaired) electrons. The van der Waals surface area contributed by atoms with Crippen molar-refractivity contribution < 1.29 is 19.2 Å². The quantitative estimate of drug-likeness (QED) is 0.0266. The first kappa shape index (κ1) is 54.6. The van der Waals surface area contributed by atoms with E-state index in [0.29, 0.717) is 25.6 Å². The Balaban J connectivity index is 5.15. The van der Waals surface area contributed by atoms with Crippen molar-refractivity contribution in [3.63, 3.8) is 0 Å². The summed E-state index contributed by atoms with van der Waals surface area (Å²) in [5.74, 6) is 0.446. The number of carbonyl (C=O) groups excluding carboxylic acids is 2. The van der Waals surface area contributed by atoms with E-state index in [1.54, 1.807) is 6.08 Å². The Morgan fingerprint density at radius 2 is 0.946 bits per heavy atom. The van der Waals surface area contributed by atoms with Crippen molar-refractivity contribution in [3.05, 3.63) is 12.2 Å². The van der Waals surface area contributed by atoms with Crippen LogP contribution in [0.1, 0.15) is 252 Å². The number of hydrogen-bond acceptors (Lipinski definition) is 5. The maximum atomic E-state index is 13.7. The fourth-order valence-electron chi connectivity index (χ4n) is 7.78. The summed E-state index contributed by atoms with van der Waals surface area (Å²) >= 11 is 0. The lowest BCUT2D eigenvalue weighted by atomic mass is 9.95. The molecule has 2 unspecified atom stereocenters. The van der Waals surface area contributed by atoms with Crippen LogP contribution in [0.4, 0.5) is 0 Å². The summed E-state index contributed by atoms with van der Waals surface area (Å²) in [6.45, 7) is 11.2. The van der Waals surface area contributed by atoms with Crippen LogP contribution in [-0.4, -0.2) is 61.7 Å². The Kier molecular flexibility index (Phi) is 42.1. The molecule has 0 N–H and O–H groups in total. The number of carbonyl (C=O) groups is 2. The topological polar surface area (TPSA) is 59.1 Å². The van der Waals surface area contributed by atoms with Gasteiger partial charge in [-0.05, 0) is 77.9 Å². The SMILES string of the molecule is CCCCCCCCCCON(C(=O)CCCN(C)C)C(CCCCC=CC(=O)OCC(CCCCCC)CCCCCCCC)CCCCCCCCCC. The van der Waals surface area contributed by atoms with Gasteiger partial charge in [0.15, 0.2) is 0 Å². The first-order valence-electron chi connectivity index (χ1n) is 24.8. The minimum Gasteiger partial charge on any atom is -0.462 e. The van der Waals surface area contributed by atoms with Gasteiger partial charge in [0.05, 0.1) is 19.3 Å². The molecule has 332 valence electrons. The van der Waals surface area contributed by atoms with Gasteiger partial charge in [-0.1, -0.05) is 201 Å². The lowest BCUT2D eigenvalue weighted by molar-refractivity contribution is -0.203. The molecule has 2 atom stereocenters. The average molecular weight is 791 g/mol. The number of hydroxylamine groups is 2. The predicted octanol–water partition coefficient (Wildman–Crippen LogP) is 15.1. The van der Waals surface area contributed by atoms with E-state index in [-0.39, 0.29) is 17.9 Å². The second kappa shape index (κ2) is 43.2. The maximum Gasteiger partial charge on any atom is 0.330 e. The number of rotatable bonds is 44. The number of hydrogen-bond donors (Lipinski definition) is 0. The number of amides is 1. The summed E-state index contributed by atoms with van der Waals surface area (Å²) in [6.07, 6.45) is 45.5. The summed E-state index contributed by atoms with van der Waals surface area (Å²) in [5, 5.41) is 1.83. The molecule has 0 aliphatic rings. The van der Waals surface area contributed by atoms with E-state index in [2.05, 4.69) is 46.7 Å². The molecule has 0 aromatic carbocycles. The van der Waals surface area contributed by atoms with Crippen molar-refractivity contribution in [1.82, 2.24) is 9.96 Å². The van der Waals surface area contributed by atoms with Crippen molar-refractivity contribution in [2.75, 3.05) is 33.9 Å². The van der Waals surface area contributed by atoms with Crippen LogP contribution >= 0.6 is 0 Å². The van der Waals surface area contributed by atoms with E-state index < -0.39 is 0 Å². The molecular formula is C50H98N2O4. The molecule has 0 aliphatic carbocycles. The molecule has 0 rings (SSSR count). The van der Waals surface area contributed by atoms with Gasteiger partial charge in [0, 0.05) is 12.5 Å². The molecule has 1 amide bonds. The fraction of sp³-hybridized carbons (Fsp3) is 0.920. The summed E-state index contributed by atoms with van der Waals surface area (Å²) in [7, 11) is 4.15. The van der Waals surface area contributed by atoms with Crippen molar-refractivity contribution in [2.45, 2.75) is 258 Å². The highest BCUT2D eigenvalue weighted by atomic mass is 16.7. The van der Waals surface area contributed by atoms with Crippen LogP contribution in [0.2, 0.25) is 0 Å². The number of ether oxygens (including phenoxy) is 1. The van der Waals surface area contributed by atoms with E-state index in [0.717, 1.165) is 57.9 Å². The van der Waals surface area contributed by atoms with Crippen molar-refractivity contribution >= 4 is 11.9 Å². The summed E-state index contributed by atoms with van der Waals surface area (Å²) in [4.78, 5) is 35.0. The molecule has 0 aromatic rings. The lowest BCUT2D eigenvalue weighted by Gasteiger charge is -2.31. The molecule has 6 heteroatoms. The van der Waals surface area contributed by atoms with Crippen LogP contribution in [0.3, 0.4) is 0 Å². The van der Waals surface area contributed by atoms with Crippen LogP contribution in [-0.2, 0) is 19.2 Å². The molecular weight excluding hydrogens is 693 g/mol. The minimum atomic E-state index is -0.192. The van der Waals surface area contributed by atoms with E-state index >= 15 is 0 Å². The van der Waals surface area contributed by atoms with Gasteiger partial charge in [0.25, 0.3) is 0 Å². The van der Waals surface area contributed by atoms with Gasteiger partial charge in [-0.2, -0.15) is 0 Å². The zero-order valence-corrected chi connectivity index (χ0v) is 38.7. The second-order valence-electron chi connectivity index (χ2n) is 17.4. The Hall–Kier alpha value is -1.40. The first-order valence-corrected chi connectivity index (χ1v) is 24.8. The Bertz CT molecular complexity index is 862. The van der Waals surface area contributed by atoms with Gasteiger partial charge in [-0.15, -0.1) is 0 Å². The van der Waals surface area contributed by atoms with Gasteiger partial charge in [0.2, 0.25) is 5.91 Å². The van der Waals surface area contributed by atoms with Crippen molar-refractivity contribution in [3.8, 4) is 0 Å². The predicted molar refractivity (Wildman–Crippen MR) is 243 cm³/mol. The smallest absolute Gasteiger partial charge is 0.330 e. The third-order valence-electron chi connectivity index (χ3n) is 11.5. The lowest BCUT2D eigenvalue weighted by Crippen LogP contribution is -2.41. The number of allylic oxidation sites excluding steroid dienone is 1. The highest BCUT2D eigenvalue weighted by Crippen LogP contribution is 2.22.